The molecular formula is C16H24N2O3. The molecule has 0 saturated heterocycles. The number of aryl methyl sites for hydroxylation is 1. The number of carboxylic acid groups (broad SMARTS) is 1. The van der Waals surface area contributed by atoms with Gasteiger partial charge in [0.15, 0.2) is 0 Å². The van der Waals surface area contributed by atoms with Gasteiger partial charge in [-0.3, -0.25) is 4.79 Å². The molecule has 1 aromatic rings. The summed E-state index contributed by atoms with van der Waals surface area (Å²) >= 11 is 0. The van der Waals surface area contributed by atoms with E-state index in [9.17, 15) is 14.7 Å². The normalized spacial score (nSPS) is 13.3. The smallest absolute Gasteiger partial charge is 0.319 e. The molecule has 116 valence electrons. The Hall–Kier alpha value is -2.04. The van der Waals surface area contributed by atoms with Crippen molar-refractivity contribution in [2.75, 3.05) is 11.9 Å². The van der Waals surface area contributed by atoms with Crippen LogP contribution in [0.4, 0.5) is 10.5 Å². The third-order valence-corrected chi connectivity index (χ3v) is 3.72. The van der Waals surface area contributed by atoms with Crippen molar-refractivity contribution in [3.8, 4) is 0 Å². The van der Waals surface area contributed by atoms with E-state index in [0.717, 1.165) is 24.1 Å². The van der Waals surface area contributed by atoms with Crippen molar-refractivity contribution in [1.29, 1.82) is 0 Å². The van der Waals surface area contributed by atoms with E-state index in [1.54, 1.807) is 13.8 Å². The van der Waals surface area contributed by atoms with E-state index in [4.69, 9.17) is 0 Å². The summed E-state index contributed by atoms with van der Waals surface area (Å²) in [4.78, 5) is 23.1. The lowest BCUT2D eigenvalue weighted by atomic mass is 9.88. The molecule has 1 atom stereocenters. The molecule has 0 aliphatic heterocycles. The number of carbonyl (C=O) groups excluding carboxylic acids is 1. The fraction of sp³-hybridized carbons (Fsp3) is 0.500. The molecule has 2 amide bonds. The molecule has 1 aromatic carbocycles. The molecule has 0 aromatic heterocycles. The summed E-state index contributed by atoms with van der Waals surface area (Å²) in [6.45, 7) is 5.60. The van der Waals surface area contributed by atoms with Crippen LogP contribution in [0.1, 0.15) is 39.2 Å². The Morgan fingerprint density at radius 2 is 1.90 bits per heavy atom. The lowest BCUT2D eigenvalue weighted by molar-refractivity contribution is -0.147. The molecule has 0 spiro atoms. The molecule has 3 N–H and O–H groups in total. The van der Waals surface area contributed by atoms with Crippen LogP contribution in [0.15, 0.2) is 24.3 Å². The van der Waals surface area contributed by atoms with Gasteiger partial charge < -0.3 is 15.7 Å². The first-order chi connectivity index (χ1) is 9.92. The number of nitrogens with one attached hydrogen (secondary N) is 2. The Kier molecular flexibility index (Phi) is 6.21. The van der Waals surface area contributed by atoms with Crippen LogP contribution in [0.5, 0.6) is 0 Å². The van der Waals surface area contributed by atoms with Crippen LogP contribution in [-0.4, -0.2) is 23.7 Å². The van der Waals surface area contributed by atoms with Gasteiger partial charge in [0.05, 0.1) is 5.41 Å². The number of urea groups is 1. The van der Waals surface area contributed by atoms with E-state index in [0.29, 0.717) is 6.42 Å². The Morgan fingerprint density at radius 1 is 1.24 bits per heavy atom. The van der Waals surface area contributed by atoms with Crippen LogP contribution in [0.25, 0.3) is 0 Å². The Labute approximate surface area is 125 Å². The highest BCUT2D eigenvalue weighted by Gasteiger charge is 2.31. The molecule has 0 aliphatic carbocycles. The largest absolute Gasteiger partial charge is 0.481 e. The molecule has 1 rings (SSSR count). The quantitative estimate of drug-likeness (QED) is 0.721. The SMILES string of the molecule is CCCc1ccccc1NC(=O)NCC(C)(CC)C(=O)O. The standard InChI is InChI=1S/C16H24N2O3/c1-4-8-12-9-6-7-10-13(12)18-15(21)17-11-16(3,5-2)14(19)20/h6-7,9-10H,4-5,8,11H2,1-3H3,(H,19,20)(H2,17,18,21). The van der Waals surface area contributed by atoms with E-state index >= 15 is 0 Å². The summed E-state index contributed by atoms with van der Waals surface area (Å²) in [5, 5.41) is 14.6. The average Bonchev–Trinajstić information content (AvgIpc) is 2.47. The van der Waals surface area contributed by atoms with Crippen LogP contribution >= 0.6 is 0 Å². The topological polar surface area (TPSA) is 78.4 Å². The van der Waals surface area contributed by atoms with E-state index in [-0.39, 0.29) is 12.6 Å². The molecule has 0 saturated carbocycles. The molecular weight excluding hydrogens is 268 g/mol. The van der Waals surface area contributed by atoms with Gasteiger partial charge in [0.2, 0.25) is 0 Å². The number of rotatable bonds is 7. The summed E-state index contributed by atoms with van der Waals surface area (Å²) in [6, 6.07) is 7.25. The van der Waals surface area contributed by atoms with Crippen molar-refractivity contribution in [2.24, 2.45) is 5.41 Å². The number of hydrogen-bond donors (Lipinski definition) is 3. The fourth-order valence-corrected chi connectivity index (χ4v) is 1.92. The zero-order valence-corrected chi connectivity index (χ0v) is 12.9. The maximum absolute atomic E-state index is 11.9. The molecule has 0 radical (unpaired) electrons. The highest BCUT2D eigenvalue weighted by Crippen LogP contribution is 2.20. The number of hydrogen-bond acceptors (Lipinski definition) is 2. The first-order valence-electron chi connectivity index (χ1n) is 7.29. The summed E-state index contributed by atoms with van der Waals surface area (Å²) < 4.78 is 0. The second-order valence-corrected chi connectivity index (χ2v) is 5.43. The third-order valence-electron chi connectivity index (χ3n) is 3.72. The van der Waals surface area contributed by atoms with Gasteiger partial charge in [-0.25, -0.2) is 4.79 Å². The molecule has 0 fully saturated rings. The fourth-order valence-electron chi connectivity index (χ4n) is 1.92. The lowest BCUT2D eigenvalue weighted by Crippen LogP contribution is -2.42. The van der Waals surface area contributed by atoms with Crippen LogP contribution < -0.4 is 10.6 Å². The zero-order chi connectivity index (χ0) is 15.9. The van der Waals surface area contributed by atoms with Gasteiger partial charge in [-0.05, 0) is 31.4 Å². The van der Waals surface area contributed by atoms with Gasteiger partial charge in [0.25, 0.3) is 0 Å². The number of carboxylic acids is 1. The lowest BCUT2D eigenvalue weighted by Gasteiger charge is -2.23. The minimum atomic E-state index is -0.944. The van der Waals surface area contributed by atoms with Crippen LogP contribution in [-0.2, 0) is 11.2 Å². The van der Waals surface area contributed by atoms with Gasteiger partial charge in [0, 0.05) is 12.2 Å². The summed E-state index contributed by atoms with van der Waals surface area (Å²) in [6.07, 6.45) is 2.33. The minimum Gasteiger partial charge on any atom is -0.481 e. The first-order valence-corrected chi connectivity index (χ1v) is 7.29. The summed E-state index contributed by atoms with van der Waals surface area (Å²) in [5.74, 6) is -0.906. The van der Waals surface area contributed by atoms with Crippen LogP contribution in [0.2, 0.25) is 0 Å². The van der Waals surface area contributed by atoms with Crippen molar-refractivity contribution >= 4 is 17.7 Å². The summed E-state index contributed by atoms with van der Waals surface area (Å²) in [7, 11) is 0. The van der Waals surface area contributed by atoms with Crippen LogP contribution in [0.3, 0.4) is 0 Å². The van der Waals surface area contributed by atoms with E-state index in [1.165, 1.54) is 0 Å². The van der Waals surface area contributed by atoms with Crippen molar-refractivity contribution in [3.05, 3.63) is 29.8 Å². The monoisotopic (exact) mass is 292 g/mol. The number of benzene rings is 1. The van der Waals surface area contributed by atoms with Gasteiger partial charge in [-0.2, -0.15) is 0 Å². The Balaban J connectivity index is 2.64. The molecule has 0 heterocycles. The second kappa shape index (κ2) is 7.67. The van der Waals surface area contributed by atoms with Gasteiger partial charge in [-0.1, -0.05) is 38.5 Å². The van der Waals surface area contributed by atoms with Gasteiger partial charge in [0.1, 0.15) is 0 Å². The van der Waals surface area contributed by atoms with E-state index < -0.39 is 11.4 Å². The van der Waals surface area contributed by atoms with Gasteiger partial charge in [-0.15, -0.1) is 0 Å². The molecule has 0 bridgehead atoms. The predicted octanol–water partition coefficient (Wildman–Crippen LogP) is 3.26. The number of amides is 2. The van der Waals surface area contributed by atoms with E-state index in [1.807, 2.05) is 24.3 Å². The Morgan fingerprint density at radius 3 is 2.48 bits per heavy atom. The van der Waals surface area contributed by atoms with Crippen molar-refractivity contribution in [3.63, 3.8) is 0 Å². The van der Waals surface area contributed by atoms with Crippen molar-refractivity contribution in [2.45, 2.75) is 40.0 Å². The zero-order valence-electron chi connectivity index (χ0n) is 12.9. The van der Waals surface area contributed by atoms with E-state index in [2.05, 4.69) is 17.6 Å². The minimum absolute atomic E-state index is 0.0978. The maximum Gasteiger partial charge on any atom is 0.319 e. The first kappa shape index (κ1) is 17.0. The predicted molar refractivity (Wildman–Crippen MR) is 83.5 cm³/mol. The number of aliphatic carboxylic acids is 1. The number of anilines is 1. The molecule has 21 heavy (non-hydrogen) atoms. The Bertz CT molecular complexity index is 502. The number of para-hydroxylation sites is 1. The molecule has 0 aliphatic rings. The highest BCUT2D eigenvalue weighted by atomic mass is 16.4. The van der Waals surface area contributed by atoms with Crippen LogP contribution in [0, 0.1) is 5.41 Å². The maximum atomic E-state index is 11.9. The van der Waals surface area contributed by atoms with Crippen molar-refractivity contribution < 1.29 is 14.7 Å². The molecule has 5 heteroatoms. The molecule has 5 nitrogen and oxygen atoms in total. The summed E-state index contributed by atoms with van der Waals surface area (Å²) in [5.41, 5.74) is 0.900. The third kappa shape index (κ3) is 4.77. The average molecular weight is 292 g/mol. The highest BCUT2D eigenvalue weighted by molar-refractivity contribution is 5.90. The second-order valence-electron chi connectivity index (χ2n) is 5.43. The van der Waals surface area contributed by atoms with Gasteiger partial charge >= 0.3 is 12.0 Å². The van der Waals surface area contributed by atoms with Crippen molar-refractivity contribution in [1.82, 2.24) is 5.32 Å². The number of carbonyl (C=O) groups is 2. The molecule has 1 unspecified atom stereocenters.